The van der Waals surface area contributed by atoms with E-state index in [4.69, 9.17) is 4.74 Å². The number of pyridine rings is 1. The van der Waals surface area contributed by atoms with Crippen LogP contribution in [-0.2, 0) is 11.3 Å². The Morgan fingerprint density at radius 3 is 2.76 bits per heavy atom. The van der Waals surface area contributed by atoms with Gasteiger partial charge in [-0.15, -0.1) is 0 Å². The molecule has 21 heavy (non-hydrogen) atoms. The number of hydrogen-bond donors (Lipinski definition) is 2. The molecule has 1 aromatic rings. The van der Waals surface area contributed by atoms with Gasteiger partial charge < -0.3 is 15.2 Å². The third kappa shape index (κ3) is 5.04. The number of aromatic nitrogens is 1. The quantitative estimate of drug-likeness (QED) is 0.557. The highest BCUT2D eigenvalue weighted by molar-refractivity contribution is 5.47. The van der Waals surface area contributed by atoms with Crippen LogP contribution in [0.15, 0.2) is 6.20 Å². The number of nitrogens with zero attached hydrogens (tertiary/aromatic N) is 2. The maximum atomic E-state index is 11.0. The lowest BCUT2D eigenvalue weighted by Gasteiger charge is -2.23. The minimum absolute atomic E-state index is 0.105. The lowest BCUT2D eigenvalue weighted by atomic mass is 10.0. The van der Waals surface area contributed by atoms with Crippen molar-refractivity contribution < 1.29 is 14.8 Å². The van der Waals surface area contributed by atoms with Crippen LogP contribution in [0.5, 0.6) is 0 Å². The van der Waals surface area contributed by atoms with Crippen LogP contribution >= 0.6 is 0 Å². The van der Waals surface area contributed by atoms with Gasteiger partial charge in [-0.05, 0) is 20.8 Å². The van der Waals surface area contributed by atoms with Crippen molar-refractivity contribution in [2.45, 2.75) is 39.3 Å². The molecule has 0 radical (unpaired) electrons. The monoisotopic (exact) mass is 297 g/mol. The maximum Gasteiger partial charge on any atom is 0.278 e. The molecule has 1 aromatic heterocycles. The topological polar surface area (TPSA) is 97.5 Å². The normalized spacial score (nSPS) is 14.0. The molecule has 0 bridgehead atoms. The first kappa shape index (κ1) is 17.5. The molecule has 0 aliphatic rings. The molecular formula is C14H23N3O4. The molecule has 0 fully saturated rings. The molecule has 1 heterocycles. The second-order valence-electron chi connectivity index (χ2n) is 5.46. The van der Waals surface area contributed by atoms with Crippen molar-refractivity contribution in [3.63, 3.8) is 0 Å². The van der Waals surface area contributed by atoms with Crippen LogP contribution in [0.25, 0.3) is 0 Å². The van der Waals surface area contributed by atoms with E-state index >= 15 is 0 Å². The summed E-state index contributed by atoms with van der Waals surface area (Å²) in [6.07, 6.45) is 2.02. The van der Waals surface area contributed by atoms with Crippen LogP contribution in [0.4, 0.5) is 5.69 Å². The Balaban J connectivity index is 2.69. The molecule has 0 aliphatic heterocycles. The Labute approximate surface area is 124 Å². The molecule has 1 rings (SSSR count). The predicted molar refractivity (Wildman–Crippen MR) is 79.2 cm³/mol. The Bertz CT molecular complexity index is 503. The summed E-state index contributed by atoms with van der Waals surface area (Å²) in [6.45, 7) is 6.29. The molecule has 1 atom stereocenters. The van der Waals surface area contributed by atoms with E-state index in [1.54, 1.807) is 27.9 Å². The molecule has 0 saturated heterocycles. The molecule has 7 nitrogen and oxygen atoms in total. The Morgan fingerprint density at radius 1 is 1.52 bits per heavy atom. The van der Waals surface area contributed by atoms with E-state index in [1.165, 1.54) is 6.20 Å². The number of nitro groups is 1. The first-order valence-electron chi connectivity index (χ1n) is 6.80. The maximum absolute atomic E-state index is 11.0. The van der Waals surface area contributed by atoms with Gasteiger partial charge in [0.2, 0.25) is 0 Å². The van der Waals surface area contributed by atoms with Crippen LogP contribution in [0.3, 0.4) is 0 Å². The van der Waals surface area contributed by atoms with Crippen LogP contribution in [-0.4, -0.2) is 40.9 Å². The smallest absolute Gasteiger partial charge is 0.278 e. The van der Waals surface area contributed by atoms with E-state index in [-0.39, 0.29) is 10.6 Å². The Morgan fingerprint density at radius 2 is 2.19 bits per heavy atom. The molecule has 118 valence electrons. The molecule has 0 aliphatic carbocycles. The molecular weight excluding hydrogens is 274 g/mol. The van der Waals surface area contributed by atoms with Gasteiger partial charge in [-0.1, -0.05) is 0 Å². The molecule has 7 heteroatoms. The van der Waals surface area contributed by atoms with E-state index in [9.17, 15) is 15.2 Å². The van der Waals surface area contributed by atoms with Crippen molar-refractivity contribution in [2.24, 2.45) is 0 Å². The van der Waals surface area contributed by atoms with E-state index in [0.29, 0.717) is 42.9 Å². The summed E-state index contributed by atoms with van der Waals surface area (Å²) in [7, 11) is 1.59. The van der Waals surface area contributed by atoms with Crippen LogP contribution in [0.1, 0.15) is 30.2 Å². The van der Waals surface area contributed by atoms with Crippen molar-refractivity contribution in [1.82, 2.24) is 10.3 Å². The van der Waals surface area contributed by atoms with E-state index < -0.39 is 5.60 Å². The minimum atomic E-state index is -0.888. The summed E-state index contributed by atoms with van der Waals surface area (Å²) in [5.41, 5.74) is 0.945. The largest absolute Gasteiger partial charge is 0.389 e. The lowest BCUT2D eigenvalue weighted by molar-refractivity contribution is -0.386. The second-order valence-corrected chi connectivity index (χ2v) is 5.46. The van der Waals surface area contributed by atoms with Crippen molar-refractivity contribution in [3.05, 3.63) is 33.1 Å². The van der Waals surface area contributed by atoms with Crippen molar-refractivity contribution in [1.29, 1.82) is 0 Å². The van der Waals surface area contributed by atoms with Crippen molar-refractivity contribution in [2.75, 3.05) is 20.3 Å². The Kier molecular flexibility index (Phi) is 6.19. The minimum Gasteiger partial charge on any atom is -0.389 e. The van der Waals surface area contributed by atoms with Gasteiger partial charge in [0.15, 0.2) is 0 Å². The molecule has 0 aromatic carbocycles. The number of ether oxygens (including phenoxy) is 1. The fourth-order valence-corrected chi connectivity index (χ4v) is 2.08. The zero-order chi connectivity index (χ0) is 16.0. The lowest BCUT2D eigenvalue weighted by Crippen LogP contribution is -2.38. The third-order valence-corrected chi connectivity index (χ3v) is 3.40. The summed E-state index contributed by atoms with van der Waals surface area (Å²) in [6, 6.07) is 0. The first-order valence-corrected chi connectivity index (χ1v) is 6.80. The fourth-order valence-electron chi connectivity index (χ4n) is 2.08. The highest BCUT2D eigenvalue weighted by Gasteiger charge is 2.21. The number of methoxy groups -OCH3 is 1. The molecule has 0 amide bonds. The SMILES string of the molecule is COCCC(C)(O)CNCc1ncc(C)c([N+](=O)[O-])c1C. The van der Waals surface area contributed by atoms with Gasteiger partial charge in [-0.2, -0.15) is 0 Å². The predicted octanol–water partition coefficient (Wildman–Crippen LogP) is 1.48. The number of aliphatic hydroxyl groups is 1. The van der Waals surface area contributed by atoms with Gasteiger partial charge in [-0.25, -0.2) is 0 Å². The average molecular weight is 297 g/mol. The van der Waals surface area contributed by atoms with E-state index in [0.717, 1.165) is 0 Å². The van der Waals surface area contributed by atoms with Crippen molar-refractivity contribution >= 4 is 5.69 Å². The molecule has 1 unspecified atom stereocenters. The van der Waals surface area contributed by atoms with Gasteiger partial charge >= 0.3 is 0 Å². The number of hydrogen-bond acceptors (Lipinski definition) is 6. The summed E-state index contributed by atoms with van der Waals surface area (Å²) in [5, 5.41) is 24.2. The molecule has 2 N–H and O–H groups in total. The van der Waals surface area contributed by atoms with Gasteiger partial charge in [0.1, 0.15) is 0 Å². The summed E-state index contributed by atoms with van der Waals surface area (Å²) < 4.78 is 4.94. The van der Waals surface area contributed by atoms with E-state index in [2.05, 4.69) is 10.3 Å². The third-order valence-electron chi connectivity index (χ3n) is 3.40. The molecule has 0 saturated carbocycles. The highest BCUT2D eigenvalue weighted by atomic mass is 16.6. The number of rotatable bonds is 8. The van der Waals surface area contributed by atoms with Crippen LogP contribution in [0.2, 0.25) is 0 Å². The number of aryl methyl sites for hydroxylation is 1. The fraction of sp³-hybridized carbons (Fsp3) is 0.643. The Hall–Kier alpha value is -1.57. The first-order chi connectivity index (χ1) is 9.78. The summed E-state index contributed by atoms with van der Waals surface area (Å²) in [4.78, 5) is 14.9. The zero-order valence-corrected chi connectivity index (χ0v) is 13.0. The number of nitrogens with one attached hydrogen (secondary N) is 1. The van der Waals surface area contributed by atoms with Gasteiger partial charge in [0.05, 0.1) is 16.2 Å². The van der Waals surface area contributed by atoms with Crippen molar-refractivity contribution in [3.8, 4) is 0 Å². The molecule has 0 spiro atoms. The summed E-state index contributed by atoms with van der Waals surface area (Å²) in [5.74, 6) is 0. The van der Waals surface area contributed by atoms with Gasteiger partial charge in [0, 0.05) is 50.6 Å². The second kappa shape index (κ2) is 7.44. The van der Waals surface area contributed by atoms with Crippen LogP contribution < -0.4 is 5.32 Å². The van der Waals surface area contributed by atoms with E-state index in [1.807, 2.05) is 0 Å². The summed E-state index contributed by atoms with van der Waals surface area (Å²) >= 11 is 0. The zero-order valence-electron chi connectivity index (χ0n) is 13.0. The van der Waals surface area contributed by atoms with Gasteiger partial charge in [0.25, 0.3) is 5.69 Å². The van der Waals surface area contributed by atoms with Gasteiger partial charge in [-0.3, -0.25) is 15.1 Å². The standard InChI is InChI=1S/C14H23N3O4/c1-10-7-16-12(11(2)13(10)17(19)20)8-15-9-14(3,18)5-6-21-4/h7,15,18H,5-6,8-9H2,1-4H3. The highest BCUT2D eigenvalue weighted by Crippen LogP contribution is 2.23. The average Bonchev–Trinajstić information content (AvgIpc) is 2.39. The van der Waals surface area contributed by atoms with Crippen LogP contribution in [0, 0.1) is 24.0 Å².